The second-order valence-electron chi connectivity index (χ2n) is 5.04. The number of carbonyl (C=O) groups is 1. The number of hydrogen-bond donors (Lipinski definition) is 1. The molecule has 1 N–H and O–H groups in total. The Hall–Kier alpha value is -1.62. The van der Waals surface area contributed by atoms with Crippen LogP contribution < -0.4 is 4.90 Å². The number of carboxylic acid groups (broad SMARTS) is 1. The minimum atomic E-state index is -0.799. The topological polar surface area (TPSA) is 43.8 Å². The molecule has 1 aliphatic rings. The average molecular weight is 266 g/mol. The van der Waals surface area contributed by atoms with Gasteiger partial charge in [0, 0.05) is 18.8 Å². The maximum absolute atomic E-state index is 13.0. The summed E-state index contributed by atoms with van der Waals surface area (Å²) in [5.41, 5.74) is 0.892. The second kappa shape index (κ2) is 6.02. The molecule has 1 heterocycles. The molecule has 0 aromatic heterocycles. The Bertz CT molecular complexity index is 436. The van der Waals surface area contributed by atoms with Crippen LogP contribution in [0.5, 0.6) is 0 Å². The molecule has 0 radical (unpaired) electrons. The molecule has 4 nitrogen and oxygen atoms in total. The third-order valence-electron chi connectivity index (χ3n) is 3.47. The van der Waals surface area contributed by atoms with Crippen LogP contribution >= 0.6 is 0 Å². The van der Waals surface area contributed by atoms with Crippen LogP contribution in [0.25, 0.3) is 0 Å². The van der Waals surface area contributed by atoms with E-state index in [4.69, 9.17) is 5.11 Å². The lowest BCUT2D eigenvalue weighted by Crippen LogP contribution is -2.41. The third kappa shape index (κ3) is 3.67. The lowest BCUT2D eigenvalue weighted by Gasteiger charge is -2.32. The number of anilines is 1. The molecule has 1 aliphatic heterocycles. The van der Waals surface area contributed by atoms with E-state index in [1.807, 2.05) is 7.05 Å². The van der Waals surface area contributed by atoms with E-state index in [2.05, 4.69) is 9.80 Å². The Morgan fingerprint density at radius 3 is 2.68 bits per heavy atom. The fourth-order valence-corrected chi connectivity index (χ4v) is 2.59. The molecule has 0 amide bonds. The van der Waals surface area contributed by atoms with Crippen molar-refractivity contribution < 1.29 is 14.3 Å². The summed E-state index contributed by atoms with van der Waals surface area (Å²) in [7, 11) is 2.00. The van der Waals surface area contributed by atoms with E-state index in [1.54, 1.807) is 12.1 Å². The summed E-state index contributed by atoms with van der Waals surface area (Å²) in [6, 6.07) is 6.20. The molecule has 1 aromatic rings. The minimum Gasteiger partial charge on any atom is -0.481 e. The fourth-order valence-electron chi connectivity index (χ4n) is 2.59. The van der Waals surface area contributed by atoms with E-state index in [9.17, 15) is 9.18 Å². The first kappa shape index (κ1) is 13.8. The first-order valence-electron chi connectivity index (χ1n) is 6.49. The van der Waals surface area contributed by atoms with E-state index in [0.29, 0.717) is 6.54 Å². The van der Waals surface area contributed by atoms with Gasteiger partial charge in [0.1, 0.15) is 5.82 Å². The summed E-state index contributed by atoms with van der Waals surface area (Å²) in [4.78, 5) is 15.2. The number of aliphatic carboxylic acids is 1. The summed E-state index contributed by atoms with van der Waals surface area (Å²) in [6.07, 6.45) is 1.08. The number of benzene rings is 1. The van der Waals surface area contributed by atoms with Crippen molar-refractivity contribution in [2.75, 3.05) is 31.6 Å². The second-order valence-corrected chi connectivity index (χ2v) is 5.04. The van der Waals surface area contributed by atoms with Gasteiger partial charge in [0.05, 0.1) is 12.5 Å². The van der Waals surface area contributed by atoms with Crippen LogP contribution in [0.15, 0.2) is 24.3 Å². The zero-order chi connectivity index (χ0) is 13.8. The van der Waals surface area contributed by atoms with Gasteiger partial charge in [0.2, 0.25) is 0 Å². The van der Waals surface area contributed by atoms with E-state index >= 15 is 0 Å². The molecule has 0 saturated carbocycles. The van der Waals surface area contributed by atoms with Gasteiger partial charge in [-0.15, -0.1) is 0 Å². The average Bonchev–Trinajstić information content (AvgIpc) is 2.51. The van der Waals surface area contributed by atoms with Gasteiger partial charge in [-0.25, -0.2) is 4.39 Å². The molecule has 0 spiro atoms. The zero-order valence-electron chi connectivity index (χ0n) is 11.1. The summed E-state index contributed by atoms with van der Waals surface area (Å²) < 4.78 is 13.0. The van der Waals surface area contributed by atoms with Crippen molar-refractivity contribution in [3.63, 3.8) is 0 Å². The Kier molecular flexibility index (Phi) is 4.37. The summed E-state index contributed by atoms with van der Waals surface area (Å²) in [6.45, 7) is 2.46. The molecule has 104 valence electrons. The molecule has 19 heavy (non-hydrogen) atoms. The molecule has 1 saturated heterocycles. The largest absolute Gasteiger partial charge is 0.481 e. The molecule has 1 atom stereocenters. The van der Waals surface area contributed by atoms with Crippen molar-refractivity contribution in [3.05, 3.63) is 30.1 Å². The Morgan fingerprint density at radius 1 is 1.37 bits per heavy atom. The lowest BCUT2D eigenvalue weighted by atomic mass is 10.1. The SMILES string of the molecule is CN1CCCN(c2ccc(F)cc2)C(CC(=O)O)C1. The van der Waals surface area contributed by atoms with Gasteiger partial charge in [-0.05, 0) is 44.3 Å². The molecule has 1 unspecified atom stereocenters. The summed E-state index contributed by atoms with van der Waals surface area (Å²) in [5, 5.41) is 9.05. The third-order valence-corrected chi connectivity index (χ3v) is 3.47. The van der Waals surface area contributed by atoms with Crippen molar-refractivity contribution in [3.8, 4) is 0 Å². The van der Waals surface area contributed by atoms with Gasteiger partial charge in [-0.3, -0.25) is 4.79 Å². The highest BCUT2D eigenvalue weighted by Gasteiger charge is 2.25. The number of halogens is 1. The van der Waals surface area contributed by atoms with Crippen molar-refractivity contribution >= 4 is 11.7 Å². The maximum Gasteiger partial charge on any atom is 0.305 e. The van der Waals surface area contributed by atoms with Gasteiger partial charge in [-0.1, -0.05) is 0 Å². The Labute approximate surface area is 112 Å². The molecule has 0 bridgehead atoms. The summed E-state index contributed by atoms with van der Waals surface area (Å²) in [5.74, 6) is -1.07. The van der Waals surface area contributed by atoms with Crippen molar-refractivity contribution in [2.45, 2.75) is 18.9 Å². The molecule has 5 heteroatoms. The van der Waals surface area contributed by atoms with Gasteiger partial charge < -0.3 is 14.9 Å². The standard InChI is InChI=1S/C14H19FN2O2/c1-16-7-2-8-17(13(10-16)9-14(18)19)12-5-3-11(15)4-6-12/h3-6,13H,2,7-10H2,1H3,(H,18,19). The van der Waals surface area contributed by atoms with Crippen LogP contribution in [0.1, 0.15) is 12.8 Å². The first-order chi connectivity index (χ1) is 9.06. The number of carboxylic acids is 1. The number of likely N-dealkylation sites (N-methyl/N-ethyl adjacent to an activating group) is 1. The van der Waals surface area contributed by atoms with E-state index < -0.39 is 5.97 Å². The Balaban J connectivity index is 2.22. The highest BCUT2D eigenvalue weighted by molar-refractivity contribution is 5.68. The van der Waals surface area contributed by atoms with Crippen LogP contribution in [-0.4, -0.2) is 48.7 Å². The number of rotatable bonds is 3. The maximum atomic E-state index is 13.0. The van der Waals surface area contributed by atoms with Crippen LogP contribution in [0.4, 0.5) is 10.1 Å². The lowest BCUT2D eigenvalue weighted by molar-refractivity contribution is -0.137. The normalized spacial score (nSPS) is 21.2. The highest BCUT2D eigenvalue weighted by atomic mass is 19.1. The minimum absolute atomic E-state index is 0.0736. The van der Waals surface area contributed by atoms with Crippen LogP contribution in [-0.2, 0) is 4.79 Å². The van der Waals surface area contributed by atoms with E-state index in [1.165, 1.54) is 12.1 Å². The molecular formula is C14H19FN2O2. The quantitative estimate of drug-likeness (QED) is 0.906. The zero-order valence-corrected chi connectivity index (χ0v) is 11.1. The highest BCUT2D eigenvalue weighted by Crippen LogP contribution is 2.22. The van der Waals surface area contributed by atoms with Gasteiger partial charge in [-0.2, -0.15) is 0 Å². The van der Waals surface area contributed by atoms with Gasteiger partial charge in [0.25, 0.3) is 0 Å². The van der Waals surface area contributed by atoms with E-state index in [0.717, 1.165) is 25.2 Å². The molecular weight excluding hydrogens is 247 g/mol. The predicted molar refractivity (Wildman–Crippen MR) is 71.9 cm³/mol. The van der Waals surface area contributed by atoms with E-state index in [-0.39, 0.29) is 18.3 Å². The molecule has 0 aliphatic carbocycles. The Morgan fingerprint density at radius 2 is 2.05 bits per heavy atom. The molecule has 2 rings (SSSR count). The van der Waals surface area contributed by atoms with Crippen LogP contribution in [0.2, 0.25) is 0 Å². The van der Waals surface area contributed by atoms with Crippen LogP contribution in [0, 0.1) is 5.82 Å². The monoisotopic (exact) mass is 266 g/mol. The summed E-state index contributed by atoms with van der Waals surface area (Å²) >= 11 is 0. The first-order valence-corrected chi connectivity index (χ1v) is 6.49. The predicted octanol–water partition coefficient (Wildman–Crippen LogP) is 1.81. The van der Waals surface area contributed by atoms with Crippen LogP contribution in [0.3, 0.4) is 0 Å². The smallest absolute Gasteiger partial charge is 0.305 e. The molecule has 1 aromatic carbocycles. The van der Waals surface area contributed by atoms with Gasteiger partial charge in [0.15, 0.2) is 0 Å². The van der Waals surface area contributed by atoms with Gasteiger partial charge >= 0.3 is 5.97 Å². The van der Waals surface area contributed by atoms with Crippen molar-refractivity contribution in [2.24, 2.45) is 0 Å². The number of hydrogen-bond acceptors (Lipinski definition) is 3. The number of nitrogens with zero attached hydrogens (tertiary/aromatic N) is 2. The molecule has 1 fully saturated rings. The van der Waals surface area contributed by atoms with Crippen molar-refractivity contribution in [1.29, 1.82) is 0 Å². The van der Waals surface area contributed by atoms with Crippen molar-refractivity contribution in [1.82, 2.24) is 4.90 Å². The fraction of sp³-hybridized carbons (Fsp3) is 0.500.